The molecule has 7 N–H and O–H groups in total. The molecule has 5 unspecified atom stereocenters. The maximum atomic E-state index is 12.7. The second-order valence-corrected chi connectivity index (χ2v) is 15.4. The van der Waals surface area contributed by atoms with Crippen molar-refractivity contribution in [3.63, 3.8) is 0 Å². The van der Waals surface area contributed by atoms with Crippen LogP contribution in [0.2, 0.25) is 0 Å². The first-order chi connectivity index (χ1) is 24.8. The van der Waals surface area contributed by atoms with Crippen LogP contribution in [0.5, 0.6) is 0 Å². The summed E-state index contributed by atoms with van der Waals surface area (Å²) in [6.45, 7) is 2.80. The highest BCUT2D eigenvalue weighted by Gasteiger charge is 2.44. The Kier molecular flexibility index (Phi) is 26.7. The highest BCUT2D eigenvalue weighted by atomic mass is 16.7. The Labute approximate surface area is 309 Å². The standard InChI is InChI=1S/C40H77NO10/c1-2-33(43)36(45)32(30-50-40-39(48)38(47)37(46)34(27-42)51-40)41-35(44)26-24-22-20-18-16-14-12-10-8-6-4-3-5-7-9-11-13-15-17-19-21-23-25-31-28-49-29-31/h31-34,36-40,42-43,45-48H,2-30H2,1H3,(H,41,44)/t32-,33+,34?,36-,37?,38?,39?,40?/m0/s1. The predicted molar refractivity (Wildman–Crippen MR) is 199 cm³/mol. The van der Waals surface area contributed by atoms with E-state index in [0.29, 0.717) is 0 Å². The van der Waals surface area contributed by atoms with E-state index in [1.54, 1.807) is 6.92 Å². The van der Waals surface area contributed by atoms with Gasteiger partial charge in [0.15, 0.2) is 6.29 Å². The van der Waals surface area contributed by atoms with Crippen LogP contribution in [0.25, 0.3) is 0 Å². The third-order valence-electron chi connectivity index (χ3n) is 10.8. The van der Waals surface area contributed by atoms with Gasteiger partial charge in [-0.05, 0) is 19.3 Å². The summed E-state index contributed by atoms with van der Waals surface area (Å²) < 4.78 is 16.1. The van der Waals surface area contributed by atoms with E-state index in [1.807, 2.05) is 0 Å². The van der Waals surface area contributed by atoms with Crippen LogP contribution in [0.4, 0.5) is 0 Å². The van der Waals surface area contributed by atoms with Crippen LogP contribution in [0.1, 0.15) is 167 Å². The Hall–Kier alpha value is -0.890. The van der Waals surface area contributed by atoms with Gasteiger partial charge in [0.1, 0.15) is 30.5 Å². The molecule has 0 aliphatic carbocycles. The van der Waals surface area contributed by atoms with Crippen molar-refractivity contribution in [2.75, 3.05) is 26.4 Å². The lowest BCUT2D eigenvalue weighted by atomic mass is 9.98. The molecule has 0 aromatic rings. The van der Waals surface area contributed by atoms with Crippen molar-refractivity contribution < 1.29 is 49.6 Å². The smallest absolute Gasteiger partial charge is 0.220 e. The van der Waals surface area contributed by atoms with E-state index in [4.69, 9.17) is 14.2 Å². The summed E-state index contributed by atoms with van der Waals surface area (Å²) in [7, 11) is 0. The average molecular weight is 732 g/mol. The van der Waals surface area contributed by atoms with E-state index in [-0.39, 0.29) is 25.4 Å². The second kappa shape index (κ2) is 29.5. The van der Waals surface area contributed by atoms with Gasteiger partial charge < -0.3 is 50.2 Å². The van der Waals surface area contributed by atoms with Crippen LogP contribution in [-0.4, -0.2) is 112 Å². The second-order valence-electron chi connectivity index (χ2n) is 15.4. The topological polar surface area (TPSA) is 178 Å². The van der Waals surface area contributed by atoms with Gasteiger partial charge in [-0.25, -0.2) is 0 Å². The first-order valence-corrected chi connectivity index (χ1v) is 20.9. The molecule has 11 nitrogen and oxygen atoms in total. The molecule has 2 aliphatic heterocycles. The number of aliphatic hydroxyl groups excluding tert-OH is 6. The zero-order valence-electron chi connectivity index (χ0n) is 32.0. The van der Waals surface area contributed by atoms with Gasteiger partial charge in [0.2, 0.25) is 5.91 Å². The first-order valence-electron chi connectivity index (χ1n) is 20.9. The van der Waals surface area contributed by atoms with Gasteiger partial charge in [0.05, 0.1) is 38.6 Å². The molecule has 11 heteroatoms. The van der Waals surface area contributed by atoms with E-state index in [0.717, 1.165) is 44.8 Å². The summed E-state index contributed by atoms with van der Waals surface area (Å²) in [6.07, 6.45) is 20.9. The summed E-state index contributed by atoms with van der Waals surface area (Å²) in [5.74, 6) is 0.591. The van der Waals surface area contributed by atoms with Crippen molar-refractivity contribution in [2.24, 2.45) is 5.92 Å². The Morgan fingerprint density at radius 1 is 0.686 bits per heavy atom. The molecular formula is C40H77NO10. The highest BCUT2D eigenvalue weighted by molar-refractivity contribution is 5.76. The van der Waals surface area contributed by atoms with Gasteiger partial charge in [-0.3, -0.25) is 4.79 Å². The highest BCUT2D eigenvalue weighted by Crippen LogP contribution is 2.23. The summed E-state index contributed by atoms with van der Waals surface area (Å²) >= 11 is 0. The minimum atomic E-state index is -1.60. The van der Waals surface area contributed by atoms with Crippen LogP contribution in [-0.2, 0) is 19.0 Å². The lowest BCUT2D eigenvalue weighted by Crippen LogP contribution is -2.60. The molecule has 2 fully saturated rings. The maximum Gasteiger partial charge on any atom is 0.220 e. The van der Waals surface area contributed by atoms with Crippen LogP contribution < -0.4 is 5.32 Å². The number of carbonyl (C=O) groups is 1. The Bertz CT molecular complexity index is 831. The Morgan fingerprint density at radius 2 is 1.14 bits per heavy atom. The Balaban J connectivity index is 1.38. The SMILES string of the molecule is CC[C@@H](O)[C@@H](O)[C@H](COC1OC(CO)C(O)C(O)C1O)NC(=O)CCCCCCCCCCCCCCCCCCCCCCCCC1COC1. The van der Waals surface area contributed by atoms with Crippen LogP contribution in [0, 0.1) is 5.92 Å². The molecule has 2 rings (SSSR count). The van der Waals surface area contributed by atoms with Crippen molar-refractivity contribution in [1.82, 2.24) is 5.32 Å². The Morgan fingerprint density at radius 3 is 1.55 bits per heavy atom. The van der Waals surface area contributed by atoms with Crippen molar-refractivity contribution in [3.05, 3.63) is 0 Å². The zero-order valence-corrected chi connectivity index (χ0v) is 32.0. The lowest BCUT2D eigenvalue weighted by molar-refractivity contribution is -0.303. The van der Waals surface area contributed by atoms with E-state index < -0.39 is 55.6 Å². The van der Waals surface area contributed by atoms with E-state index in [1.165, 1.54) is 122 Å². The summed E-state index contributed by atoms with van der Waals surface area (Å²) in [4.78, 5) is 12.7. The maximum absolute atomic E-state index is 12.7. The molecule has 8 atom stereocenters. The van der Waals surface area contributed by atoms with E-state index in [2.05, 4.69) is 5.32 Å². The third-order valence-corrected chi connectivity index (χ3v) is 10.8. The quantitative estimate of drug-likeness (QED) is 0.0431. The summed E-state index contributed by atoms with van der Waals surface area (Å²) in [5.41, 5.74) is 0. The van der Waals surface area contributed by atoms with Crippen molar-refractivity contribution in [3.8, 4) is 0 Å². The molecule has 1 amide bonds. The molecule has 0 aromatic heterocycles. The number of hydrogen-bond acceptors (Lipinski definition) is 10. The summed E-state index contributed by atoms with van der Waals surface area (Å²) in [6, 6.07) is -0.984. The van der Waals surface area contributed by atoms with Gasteiger partial charge in [-0.15, -0.1) is 0 Å². The van der Waals surface area contributed by atoms with Crippen molar-refractivity contribution in [2.45, 2.75) is 216 Å². The van der Waals surface area contributed by atoms with Gasteiger partial charge in [-0.2, -0.15) is 0 Å². The number of ether oxygens (including phenoxy) is 3. The molecule has 2 saturated heterocycles. The van der Waals surface area contributed by atoms with Gasteiger partial charge in [-0.1, -0.05) is 142 Å². The monoisotopic (exact) mass is 732 g/mol. The molecule has 0 radical (unpaired) electrons. The van der Waals surface area contributed by atoms with Crippen LogP contribution in [0.3, 0.4) is 0 Å². The number of nitrogens with one attached hydrogen (secondary N) is 1. The molecule has 0 spiro atoms. The molecule has 2 heterocycles. The normalized spacial score (nSPS) is 24.3. The number of carbonyl (C=O) groups excluding carboxylic acids is 1. The fourth-order valence-corrected chi connectivity index (χ4v) is 7.12. The fraction of sp³-hybridized carbons (Fsp3) is 0.975. The number of unbranched alkanes of at least 4 members (excludes halogenated alkanes) is 21. The minimum Gasteiger partial charge on any atom is -0.394 e. The minimum absolute atomic E-state index is 0.256. The molecule has 0 bridgehead atoms. The van der Waals surface area contributed by atoms with Crippen molar-refractivity contribution >= 4 is 5.91 Å². The number of hydrogen-bond donors (Lipinski definition) is 7. The van der Waals surface area contributed by atoms with Crippen molar-refractivity contribution in [1.29, 1.82) is 0 Å². The van der Waals surface area contributed by atoms with E-state index in [9.17, 15) is 35.4 Å². The van der Waals surface area contributed by atoms with Gasteiger partial charge in [0.25, 0.3) is 0 Å². The molecule has 0 aromatic carbocycles. The zero-order chi connectivity index (χ0) is 37.1. The third kappa shape index (κ3) is 20.4. The molecule has 302 valence electrons. The van der Waals surface area contributed by atoms with Gasteiger partial charge in [0, 0.05) is 12.3 Å². The predicted octanol–water partition coefficient (Wildman–Crippen LogP) is 5.43. The average Bonchev–Trinajstić information content (AvgIpc) is 3.11. The first kappa shape index (κ1) is 46.3. The van der Waals surface area contributed by atoms with Gasteiger partial charge >= 0.3 is 0 Å². The summed E-state index contributed by atoms with van der Waals surface area (Å²) in [5, 5.41) is 63.1. The molecule has 0 saturated carbocycles. The van der Waals surface area contributed by atoms with Crippen LogP contribution in [0.15, 0.2) is 0 Å². The fourth-order valence-electron chi connectivity index (χ4n) is 7.12. The van der Waals surface area contributed by atoms with Crippen LogP contribution >= 0.6 is 0 Å². The lowest BCUT2D eigenvalue weighted by Gasteiger charge is -2.40. The molecule has 2 aliphatic rings. The number of amides is 1. The molecule has 51 heavy (non-hydrogen) atoms. The molecular weight excluding hydrogens is 654 g/mol. The number of aliphatic hydroxyl groups is 6. The number of rotatable bonds is 33. The van der Waals surface area contributed by atoms with E-state index >= 15 is 0 Å². The largest absolute Gasteiger partial charge is 0.394 e.